The van der Waals surface area contributed by atoms with Gasteiger partial charge in [-0.2, -0.15) is 0 Å². The zero-order valence-electron chi connectivity index (χ0n) is 9.65. The van der Waals surface area contributed by atoms with Crippen LogP contribution in [-0.4, -0.2) is 24.3 Å². The van der Waals surface area contributed by atoms with Crippen molar-refractivity contribution in [2.24, 2.45) is 4.99 Å². The standard InChI is InChI=1S/C13H14ClNO2/c1-2-17-13(16)12-8-7-11(15-12)9-5-3-4-6-10(9)14/h3-6,12H,2,7-8H2,1H3/t12-/m1/s1. The molecule has 1 heterocycles. The van der Waals surface area contributed by atoms with Crippen LogP contribution in [0.2, 0.25) is 5.02 Å². The highest BCUT2D eigenvalue weighted by Crippen LogP contribution is 2.24. The van der Waals surface area contributed by atoms with E-state index in [0.717, 1.165) is 17.7 Å². The van der Waals surface area contributed by atoms with Crippen LogP contribution in [-0.2, 0) is 9.53 Å². The van der Waals surface area contributed by atoms with Gasteiger partial charge in [-0.15, -0.1) is 0 Å². The molecule has 0 unspecified atom stereocenters. The third kappa shape index (κ3) is 2.67. The lowest BCUT2D eigenvalue weighted by atomic mass is 10.1. The van der Waals surface area contributed by atoms with Gasteiger partial charge in [-0.3, -0.25) is 4.99 Å². The van der Waals surface area contributed by atoms with Crippen LogP contribution in [0, 0.1) is 0 Å². The number of ether oxygens (including phenoxy) is 1. The summed E-state index contributed by atoms with van der Waals surface area (Å²) >= 11 is 6.10. The summed E-state index contributed by atoms with van der Waals surface area (Å²) in [6.07, 6.45) is 1.48. The molecule has 1 aliphatic rings. The molecule has 1 aromatic rings. The Morgan fingerprint density at radius 3 is 3.00 bits per heavy atom. The molecule has 0 aliphatic carbocycles. The Labute approximate surface area is 105 Å². The second kappa shape index (κ2) is 5.32. The third-order valence-electron chi connectivity index (χ3n) is 2.71. The zero-order chi connectivity index (χ0) is 12.3. The van der Waals surface area contributed by atoms with Crippen molar-refractivity contribution in [3.8, 4) is 0 Å². The van der Waals surface area contributed by atoms with Crippen molar-refractivity contribution in [1.29, 1.82) is 0 Å². The Morgan fingerprint density at radius 2 is 2.29 bits per heavy atom. The van der Waals surface area contributed by atoms with E-state index in [4.69, 9.17) is 16.3 Å². The first-order chi connectivity index (χ1) is 8.22. The average Bonchev–Trinajstić information content (AvgIpc) is 2.79. The molecule has 0 saturated heterocycles. The van der Waals surface area contributed by atoms with Crippen LogP contribution in [0.25, 0.3) is 0 Å². The SMILES string of the molecule is CCOC(=O)[C@H]1CCC(c2ccccc2Cl)=N1. The van der Waals surface area contributed by atoms with Crippen molar-refractivity contribution in [3.05, 3.63) is 34.9 Å². The minimum absolute atomic E-state index is 0.241. The normalized spacial score (nSPS) is 18.9. The molecule has 0 radical (unpaired) electrons. The molecule has 0 bridgehead atoms. The lowest BCUT2D eigenvalue weighted by Crippen LogP contribution is -2.18. The quantitative estimate of drug-likeness (QED) is 0.775. The topological polar surface area (TPSA) is 38.7 Å². The average molecular weight is 252 g/mol. The van der Waals surface area contributed by atoms with Crippen molar-refractivity contribution in [3.63, 3.8) is 0 Å². The zero-order valence-corrected chi connectivity index (χ0v) is 10.4. The molecule has 1 aromatic carbocycles. The fourth-order valence-electron chi connectivity index (χ4n) is 1.90. The maximum atomic E-state index is 11.5. The van der Waals surface area contributed by atoms with E-state index in [0.29, 0.717) is 18.1 Å². The van der Waals surface area contributed by atoms with E-state index in [2.05, 4.69) is 4.99 Å². The van der Waals surface area contributed by atoms with Gasteiger partial charge in [0.05, 0.1) is 6.61 Å². The summed E-state index contributed by atoms with van der Waals surface area (Å²) < 4.78 is 4.96. The van der Waals surface area contributed by atoms with Crippen molar-refractivity contribution in [2.75, 3.05) is 6.61 Å². The summed E-state index contributed by atoms with van der Waals surface area (Å²) in [4.78, 5) is 15.9. The Kier molecular flexibility index (Phi) is 3.79. The highest BCUT2D eigenvalue weighted by Gasteiger charge is 2.26. The molecular formula is C13H14ClNO2. The molecule has 2 rings (SSSR count). The number of benzene rings is 1. The smallest absolute Gasteiger partial charge is 0.330 e. The highest BCUT2D eigenvalue weighted by molar-refractivity contribution is 6.34. The molecular weight excluding hydrogens is 238 g/mol. The van der Waals surface area contributed by atoms with E-state index in [1.807, 2.05) is 24.3 Å². The lowest BCUT2D eigenvalue weighted by Gasteiger charge is -2.04. The predicted octanol–water partition coefficient (Wildman–Crippen LogP) is 2.85. The molecule has 3 nitrogen and oxygen atoms in total. The molecule has 0 saturated carbocycles. The van der Waals surface area contributed by atoms with Crippen molar-refractivity contribution in [1.82, 2.24) is 0 Å². The van der Waals surface area contributed by atoms with E-state index in [9.17, 15) is 4.79 Å². The van der Waals surface area contributed by atoms with Gasteiger partial charge in [0.15, 0.2) is 0 Å². The number of esters is 1. The Balaban J connectivity index is 2.17. The van der Waals surface area contributed by atoms with Gasteiger partial charge in [-0.25, -0.2) is 4.79 Å². The van der Waals surface area contributed by atoms with Gasteiger partial charge < -0.3 is 4.74 Å². The second-order valence-electron chi connectivity index (χ2n) is 3.86. The molecule has 1 aliphatic heterocycles. The maximum Gasteiger partial charge on any atom is 0.330 e. The predicted molar refractivity (Wildman–Crippen MR) is 67.6 cm³/mol. The van der Waals surface area contributed by atoms with E-state index < -0.39 is 0 Å². The minimum Gasteiger partial charge on any atom is -0.464 e. The molecule has 4 heteroatoms. The van der Waals surface area contributed by atoms with Gasteiger partial charge in [-0.05, 0) is 25.8 Å². The lowest BCUT2D eigenvalue weighted by molar-refractivity contribution is -0.144. The van der Waals surface area contributed by atoms with E-state index in [1.54, 1.807) is 6.92 Å². The van der Waals surface area contributed by atoms with Gasteiger partial charge in [0.2, 0.25) is 0 Å². The number of halogens is 1. The van der Waals surface area contributed by atoms with E-state index in [1.165, 1.54) is 0 Å². The Hall–Kier alpha value is -1.35. The Morgan fingerprint density at radius 1 is 1.53 bits per heavy atom. The van der Waals surface area contributed by atoms with E-state index >= 15 is 0 Å². The summed E-state index contributed by atoms with van der Waals surface area (Å²) in [6, 6.07) is 7.19. The maximum absolute atomic E-state index is 11.5. The largest absolute Gasteiger partial charge is 0.464 e. The number of hydrogen-bond donors (Lipinski definition) is 0. The molecule has 17 heavy (non-hydrogen) atoms. The summed E-state index contributed by atoms with van der Waals surface area (Å²) in [5.74, 6) is -0.241. The third-order valence-corrected chi connectivity index (χ3v) is 3.04. The number of carbonyl (C=O) groups is 1. The van der Waals surface area contributed by atoms with Crippen LogP contribution in [0.1, 0.15) is 25.3 Å². The van der Waals surface area contributed by atoms with Crippen LogP contribution in [0.3, 0.4) is 0 Å². The van der Waals surface area contributed by atoms with Crippen LogP contribution in [0.5, 0.6) is 0 Å². The van der Waals surface area contributed by atoms with Crippen LogP contribution >= 0.6 is 11.6 Å². The van der Waals surface area contributed by atoms with Gasteiger partial charge >= 0.3 is 5.97 Å². The molecule has 0 aromatic heterocycles. The molecule has 0 N–H and O–H groups in total. The van der Waals surface area contributed by atoms with Crippen LogP contribution in [0.15, 0.2) is 29.3 Å². The number of hydrogen-bond acceptors (Lipinski definition) is 3. The Bertz CT molecular complexity index is 456. The number of carbonyl (C=O) groups excluding carboxylic acids is 1. The first kappa shape index (κ1) is 12.1. The van der Waals surface area contributed by atoms with Crippen molar-refractivity contribution >= 4 is 23.3 Å². The van der Waals surface area contributed by atoms with Crippen molar-refractivity contribution in [2.45, 2.75) is 25.8 Å². The van der Waals surface area contributed by atoms with E-state index in [-0.39, 0.29) is 12.0 Å². The molecule has 0 amide bonds. The summed E-state index contributed by atoms with van der Waals surface area (Å²) in [7, 11) is 0. The number of aliphatic imine (C=N–C) groups is 1. The summed E-state index contributed by atoms with van der Waals surface area (Å²) in [5, 5.41) is 0.677. The molecule has 0 fully saturated rings. The molecule has 90 valence electrons. The van der Waals surface area contributed by atoms with Gasteiger partial charge in [0.25, 0.3) is 0 Å². The fourth-order valence-corrected chi connectivity index (χ4v) is 2.14. The van der Waals surface area contributed by atoms with Crippen LogP contribution in [0.4, 0.5) is 0 Å². The molecule has 0 spiro atoms. The monoisotopic (exact) mass is 251 g/mol. The molecule has 1 atom stereocenters. The van der Waals surface area contributed by atoms with Gasteiger partial charge in [0.1, 0.15) is 6.04 Å². The number of nitrogens with zero attached hydrogens (tertiary/aromatic N) is 1. The summed E-state index contributed by atoms with van der Waals surface area (Å²) in [5.41, 5.74) is 1.81. The number of rotatable bonds is 3. The second-order valence-corrected chi connectivity index (χ2v) is 4.27. The van der Waals surface area contributed by atoms with Crippen molar-refractivity contribution < 1.29 is 9.53 Å². The summed E-state index contributed by atoms with van der Waals surface area (Å²) in [6.45, 7) is 2.19. The first-order valence-corrected chi connectivity index (χ1v) is 6.08. The van der Waals surface area contributed by atoms with Gasteiger partial charge in [0, 0.05) is 16.3 Å². The highest BCUT2D eigenvalue weighted by atomic mass is 35.5. The van der Waals surface area contributed by atoms with Gasteiger partial charge in [-0.1, -0.05) is 29.8 Å². The minimum atomic E-state index is -0.360. The first-order valence-electron chi connectivity index (χ1n) is 5.70. The van der Waals surface area contributed by atoms with Crippen LogP contribution < -0.4 is 0 Å². The fraction of sp³-hybridized carbons (Fsp3) is 0.385.